The van der Waals surface area contributed by atoms with Crippen molar-refractivity contribution in [3.63, 3.8) is 0 Å². The summed E-state index contributed by atoms with van der Waals surface area (Å²) in [7, 11) is 0. The monoisotopic (exact) mass is 214 g/mol. The van der Waals surface area contributed by atoms with E-state index in [1.54, 1.807) is 6.07 Å². The number of hydrogen-bond acceptors (Lipinski definition) is 3. The fraction of sp³-hybridized carbons (Fsp3) is 0.143. The molecule has 0 saturated carbocycles. The van der Waals surface area contributed by atoms with Gasteiger partial charge in [0.2, 0.25) is 0 Å². The number of hydrogen-bond donors (Lipinski definition) is 1. The Morgan fingerprint density at radius 1 is 1.55 bits per heavy atom. The van der Waals surface area contributed by atoms with Crippen molar-refractivity contribution < 1.29 is 0 Å². The number of halogens is 1. The van der Waals surface area contributed by atoms with Crippen molar-refractivity contribution in [3.8, 4) is 0 Å². The van der Waals surface area contributed by atoms with Crippen LogP contribution in [0.15, 0.2) is 21.8 Å². The second-order valence-electron chi connectivity index (χ2n) is 2.25. The molecule has 0 aliphatic carbocycles. The van der Waals surface area contributed by atoms with Gasteiger partial charge in [0.25, 0.3) is 0 Å². The van der Waals surface area contributed by atoms with Crippen LogP contribution in [0, 0.1) is 11.8 Å². The number of nitrogens with zero attached hydrogens (tertiary/aromatic N) is 1. The summed E-state index contributed by atoms with van der Waals surface area (Å²) in [5.41, 5.74) is 7.14. The molecule has 0 fully saturated rings. The van der Waals surface area contributed by atoms with Crippen LogP contribution in [0.1, 0.15) is 5.56 Å². The zero-order valence-corrected chi connectivity index (χ0v) is 7.55. The number of nitrogens with two attached hydrogens (primary N) is 1. The molecule has 11 heavy (non-hydrogen) atoms. The molecule has 0 radical (unpaired) electrons. The molecule has 58 valence electrons. The molecule has 0 aliphatic heterocycles. The van der Waals surface area contributed by atoms with E-state index in [1.165, 1.54) is 0 Å². The fourth-order valence-corrected chi connectivity index (χ4v) is 1.37. The van der Waals surface area contributed by atoms with Crippen LogP contribution in [0.3, 0.4) is 0 Å². The molecule has 3 nitrogen and oxygen atoms in total. The van der Waals surface area contributed by atoms with Crippen molar-refractivity contribution in [2.75, 3.05) is 5.73 Å². The Labute approximate surface area is 72.7 Å². The molecule has 0 amide bonds. The summed E-state index contributed by atoms with van der Waals surface area (Å²) in [5, 5.41) is 2.79. The van der Waals surface area contributed by atoms with Gasteiger partial charge >= 0.3 is 0 Å². The molecule has 0 aliphatic rings. The summed E-state index contributed by atoms with van der Waals surface area (Å²) in [6, 6.07) is 3.43. The van der Waals surface area contributed by atoms with Crippen LogP contribution < -0.4 is 5.73 Å². The summed E-state index contributed by atoms with van der Waals surface area (Å²) in [5.74, 6) is 0. The second kappa shape index (κ2) is 3.00. The highest BCUT2D eigenvalue weighted by molar-refractivity contribution is 9.10. The number of nitrogen functional groups attached to an aromatic ring is 1. The van der Waals surface area contributed by atoms with Crippen LogP contribution >= 0.6 is 15.9 Å². The van der Waals surface area contributed by atoms with E-state index in [0.717, 1.165) is 10.0 Å². The maximum atomic E-state index is 10.2. The van der Waals surface area contributed by atoms with Gasteiger partial charge in [-0.3, -0.25) is 0 Å². The zero-order valence-electron chi connectivity index (χ0n) is 5.97. The Kier molecular flexibility index (Phi) is 2.24. The molecule has 1 aromatic rings. The Balaban J connectivity index is 3.35. The van der Waals surface area contributed by atoms with Crippen LogP contribution in [-0.2, 0) is 0 Å². The van der Waals surface area contributed by atoms with E-state index in [1.807, 2.05) is 13.0 Å². The largest absolute Gasteiger partial charge is 0.397 e. The molecule has 4 heteroatoms. The third-order valence-electron chi connectivity index (χ3n) is 1.43. The van der Waals surface area contributed by atoms with Gasteiger partial charge in [-0.1, -0.05) is 15.9 Å². The lowest BCUT2D eigenvalue weighted by Crippen LogP contribution is -1.89. The molecular formula is C7H7BrN2O. The first kappa shape index (κ1) is 8.20. The quantitative estimate of drug-likeness (QED) is 0.578. The lowest BCUT2D eigenvalue weighted by atomic mass is 10.2. The van der Waals surface area contributed by atoms with E-state index in [2.05, 4.69) is 21.1 Å². The molecule has 2 N–H and O–H groups in total. The highest BCUT2D eigenvalue weighted by Crippen LogP contribution is 2.29. The standard InChI is InChI=1S/C7H7BrN2O/c1-4-2-5(8)3-6(10-11)7(4)9/h2-3H,9H2,1H3. The van der Waals surface area contributed by atoms with E-state index < -0.39 is 0 Å². The van der Waals surface area contributed by atoms with Crippen LogP contribution in [0.25, 0.3) is 0 Å². The molecule has 0 atom stereocenters. The lowest BCUT2D eigenvalue weighted by Gasteiger charge is -2.01. The average molecular weight is 215 g/mol. The lowest BCUT2D eigenvalue weighted by molar-refractivity contribution is 1.40. The third kappa shape index (κ3) is 1.57. The first-order valence-corrected chi connectivity index (χ1v) is 3.83. The van der Waals surface area contributed by atoms with Gasteiger partial charge in [-0.05, 0) is 29.8 Å². The summed E-state index contributed by atoms with van der Waals surface area (Å²) >= 11 is 3.23. The van der Waals surface area contributed by atoms with Crippen molar-refractivity contribution in [2.24, 2.45) is 5.18 Å². The number of rotatable bonds is 1. The van der Waals surface area contributed by atoms with Crippen LogP contribution in [0.4, 0.5) is 11.4 Å². The van der Waals surface area contributed by atoms with E-state index in [0.29, 0.717) is 5.69 Å². The Morgan fingerprint density at radius 3 is 2.73 bits per heavy atom. The van der Waals surface area contributed by atoms with E-state index in [4.69, 9.17) is 5.73 Å². The van der Waals surface area contributed by atoms with Crippen LogP contribution in [0.5, 0.6) is 0 Å². The van der Waals surface area contributed by atoms with Gasteiger partial charge in [0.15, 0.2) is 0 Å². The summed E-state index contributed by atoms with van der Waals surface area (Å²) in [6.45, 7) is 1.83. The summed E-state index contributed by atoms with van der Waals surface area (Å²) < 4.78 is 0.818. The van der Waals surface area contributed by atoms with Crippen molar-refractivity contribution in [2.45, 2.75) is 6.92 Å². The topological polar surface area (TPSA) is 55.5 Å². The van der Waals surface area contributed by atoms with Gasteiger partial charge in [-0.2, -0.15) is 0 Å². The van der Waals surface area contributed by atoms with Crippen LogP contribution in [0.2, 0.25) is 0 Å². The van der Waals surface area contributed by atoms with Gasteiger partial charge in [-0.25, -0.2) is 0 Å². The van der Waals surface area contributed by atoms with E-state index in [9.17, 15) is 4.91 Å². The minimum Gasteiger partial charge on any atom is -0.397 e. The first-order valence-electron chi connectivity index (χ1n) is 3.04. The summed E-state index contributed by atoms with van der Waals surface area (Å²) in [4.78, 5) is 10.2. The highest BCUT2D eigenvalue weighted by atomic mass is 79.9. The molecule has 0 spiro atoms. The van der Waals surface area contributed by atoms with E-state index >= 15 is 0 Å². The van der Waals surface area contributed by atoms with Crippen LogP contribution in [-0.4, -0.2) is 0 Å². The van der Waals surface area contributed by atoms with Crippen molar-refractivity contribution in [1.29, 1.82) is 0 Å². The second-order valence-corrected chi connectivity index (χ2v) is 3.16. The predicted molar refractivity (Wildman–Crippen MR) is 48.7 cm³/mol. The fourth-order valence-electron chi connectivity index (χ4n) is 0.812. The third-order valence-corrected chi connectivity index (χ3v) is 1.89. The van der Waals surface area contributed by atoms with Crippen molar-refractivity contribution >= 4 is 27.3 Å². The molecule has 0 heterocycles. The molecule has 1 aromatic carbocycles. The van der Waals surface area contributed by atoms with Crippen molar-refractivity contribution in [3.05, 3.63) is 27.1 Å². The molecule has 0 saturated heterocycles. The first-order chi connectivity index (χ1) is 5.15. The van der Waals surface area contributed by atoms with E-state index in [-0.39, 0.29) is 5.69 Å². The maximum absolute atomic E-state index is 10.2. The molecule has 0 aromatic heterocycles. The molecule has 1 rings (SSSR count). The average Bonchev–Trinajstić information content (AvgIpc) is 1.96. The minimum atomic E-state index is 0.289. The Hall–Kier alpha value is -0.900. The normalized spacial score (nSPS) is 9.64. The van der Waals surface area contributed by atoms with Gasteiger partial charge in [0.1, 0.15) is 5.69 Å². The summed E-state index contributed by atoms with van der Waals surface area (Å²) in [6.07, 6.45) is 0. The minimum absolute atomic E-state index is 0.289. The predicted octanol–water partition coefficient (Wildman–Crippen LogP) is 2.74. The Morgan fingerprint density at radius 2 is 2.18 bits per heavy atom. The molecule has 0 unspecified atom stereocenters. The zero-order chi connectivity index (χ0) is 8.43. The smallest absolute Gasteiger partial charge is 0.132 e. The number of anilines is 1. The number of aryl methyl sites for hydroxylation is 1. The highest BCUT2D eigenvalue weighted by Gasteiger charge is 2.03. The van der Waals surface area contributed by atoms with Crippen molar-refractivity contribution in [1.82, 2.24) is 0 Å². The number of nitroso groups, excluding NO2 is 1. The number of benzene rings is 1. The van der Waals surface area contributed by atoms with Gasteiger partial charge in [0, 0.05) is 4.47 Å². The SMILES string of the molecule is Cc1cc(Br)cc(N=O)c1N. The molecular weight excluding hydrogens is 208 g/mol. The van der Waals surface area contributed by atoms with Gasteiger partial charge in [0.05, 0.1) is 5.69 Å². The Bertz CT molecular complexity index is 299. The van der Waals surface area contributed by atoms with Gasteiger partial charge in [-0.15, -0.1) is 4.91 Å². The maximum Gasteiger partial charge on any atom is 0.132 e. The van der Waals surface area contributed by atoms with Gasteiger partial charge < -0.3 is 5.73 Å². The molecule has 0 bridgehead atoms.